The number of hydrogen-bond acceptors (Lipinski definition) is 6. The number of aromatic nitrogens is 3. The Morgan fingerprint density at radius 2 is 1.87 bits per heavy atom. The number of allylic oxidation sites excluding steroid dienone is 1. The Labute approximate surface area is 217 Å². The van der Waals surface area contributed by atoms with Crippen LogP contribution >= 0.6 is 8.86 Å². The topological polar surface area (TPSA) is 116 Å². The second-order valence-corrected chi connectivity index (χ2v) is 9.13. The molecule has 1 aliphatic heterocycles. The van der Waals surface area contributed by atoms with Crippen LogP contribution < -0.4 is 11.1 Å². The van der Waals surface area contributed by atoms with E-state index in [1.54, 1.807) is 17.9 Å². The number of alkyl halides is 3. The van der Waals surface area contributed by atoms with Crippen LogP contribution in [-0.4, -0.2) is 80.1 Å². The lowest BCUT2D eigenvalue weighted by Gasteiger charge is -2.35. The summed E-state index contributed by atoms with van der Waals surface area (Å²) in [6.07, 6.45) is -0.930. The van der Waals surface area contributed by atoms with Crippen molar-refractivity contribution in [1.29, 1.82) is 5.41 Å². The predicted molar refractivity (Wildman–Crippen MR) is 140 cm³/mol. The molecule has 14 heteroatoms. The van der Waals surface area contributed by atoms with E-state index in [2.05, 4.69) is 30.7 Å². The van der Waals surface area contributed by atoms with Gasteiger partial charge in [0.15, 0.2) is 11.5 Å². The highest BCUT2D eigenvalue weighted by molar-refractivity contribution is 7.21. The maximum Gasteiger partial charge on any atom is 0.433 e. The highest BCUT2D eigenvalue weighted by atomic mass is 31.0. The Balaban J connectivity index is 1.56. The van der Waals surface area contributed by atoms with Crippen LogP contribution in [0.5, 0.6) is 0 Å². The summed E-state index contributed by atoms with van der Waals surface area (Å²) in [5.41, 5.74) is 5.36. The van der Waals surface area contributed by atoms with E-state index in [4.69, 9.17) is 11.1 Å². The number of anilines is 2. The molecule has 0 aliphatic carbocycles. The van der Waals surface area contributed by atoms with Crippen molar-refractivity contribution in [3.63, 3.8) is 0 Å². The molecule has 4 rings (SSSR count). The van der Waals surface area contributed by atoms with Crippen LogP contribution in [0.4, 0.5) is 29.1 Å². The van der Waals surface area contributed by atoms with Gasteiger partial charge in [-0.05, 0) is 24.6 Å². The fraction of sp³-hybridized carbons (Fsp3) is 0.292. The number of benzene rings is 1. The molecule has 200 valence electrons. The zero-order valence-corrected chi connectivity index (χ0v) is 21.4. The number of piperazine rings is 1. The molecule has 1 saturated heterocycles. The number of fused-ring (bicyclic) bond motifs is 1. The molecule has 4 N–H and O–H groups in total. The van der Waals surface area contributed by atoms with E-state index in [1.807, 2.05) is 4.90 Å². The Hall–Kier alpha value is -3.67. The van der Waals surface area contributed by atoms with Crippen LogP contribution in [0.1, 0.15) is 16.8 Å². The third-order valence-corrected chi connectivity index (χ3v) is 6.80. The molecular formula is C24H25F4N8OP. The maximum absolute atomic E-state index is 15.3. The summed E-state index contributed by atoms with van der Waals surface area (Å²) in [5.74, 6) is -0.463. The lowest BCUT2D eigenvalue weighted by Crippen LogP contribution is -2.51. The molecule has 0 atom stereocenters. The van der Waals surface area contributed by atoms with Gasteiger partial charge < -0.3 is 16.0 Å². The third kappa shape index (κ3) is 5.31. The number of imidazole rings is 1. The van der Waals surface area contributed by atoms with Crippen molar-refractivity contribution in [2.24, 2.45) is 5.73 Å². The van der Waals surface area contributed by atoms with Gasteiger partial charge in [0.25, 0.3) is 0 Å². The number of halogens is 4. The van der Waals surface area contributed by atoms with Crippen molar-refractivity contribution < 1.29 is 22.4 Å². The van der Waals surface area contributed by atoms with Crippen LogP contribution in [0.25, 0.3) is 11.2 Å². The van der Waals surface area contributed by atoms with Crippen molar-refractivity contribution in [1.82, 2.24) is 24.2 Å². The van der Waals surface area contributed by atoms with E-state index >= 15 is 4.39 Å². The average Bonchev–Trinajstić information content (AvgIpc) is 3.31. The van der Waals surface area contributed by atoms with Gasteiger partial charge in [-0.25, -0.2) is 14.4 Å². The number of rotatable bonds is 7. The first-order valence-corrected chi connectivity index (χ1v) is 12.0. The third-order valence-electron chi connectivity index (χ3n) is 6.23. The van der Waals surface area contributed by atoms with Gasteiger partial charge in [0.1, 0.15) is 11.5 Å². The van der Waals surface area contributed by atoms with Crippen molar-refractivity contribution in [2.45, 2.75) is 13.1 Å². The second kappa shape index (κ2) is 10.6. The van der Waals surface area contributed by atoms with Gasteiger partial charge in [0, 0.05) is 60.8 Å². The van der Waals surface area contributed by atoms with Crippen molar-refractivity contribution in [2.75, 3.05) is 38.0 Å². The average molecular weight is 548 g/mol. The lowest BCUT2D eigenvalue weighted by molar-refractivity contribution is -0.130. The molecule has 1 amide bonds. The van der Waals surface area contributed by atoms with Crippen molar-refractivity contribution >= 4 is 48.6 Å². The minimum atomic E-state index is -4.85. The van der Waals surface area contributed by atoms with Crippen LogP contribution in [0.2, 0.25) is 0 Å². The second-order valence-electron chi connectivity index (χ2n) is 8.66. The van der Waals surface area contributed by atoms with Gasteiger partial charge >= 0.3 is 6.18 Å². The maximum atomic E-state index is 15.3. The molecule has 1 aliphatic rings. The number of hydrogen-bond donors (Lipinski definition) is 3. The quantitative estimate of drug-likeness (QED) is 0.237. The number of nitrogens with one attached hydrogen (secondary N) is 2. The van der Waals surface area contributed by atoms with Crippen molar-refractivity contribution in [3.8, 4) is 0 Å². The smallest absolute Gasteiger partial charge is 0.339 e. The first kappa shape index (κ1) is 27.4. The fourth-order valence-electron chi connectivity index (χ4n) is 4.25. The Bertz CT molecular complexity index is 1420. The number of nitrogens with two attached hydrogens (primary N) is 1. The summed E-state index contributed by atoms with van der Waals surface area (Å²) < 4.78 is 55.7. The van der Waals surface area contributed by atoms with Gasteiger partial charge in [-0.2, -0.15) is 13.2 Å². The number of aryl methyl sites for hydroxylation is 1. The molecule has 0 spiro atoms. The highest BCUT2D eigenvalue weighted by Crippen LogP contribution is 2.29. The summed E-state index contributed by atoms with van der Waals surface area (Å²) in [6.45, 7) is 7.05. The zero-order valence-electron chi connectivity index (χ0n) is 20.4. The molecule has 3 heterocycles. The summed E-state index contributed by atoms with van der Waals surface area (Å²) >= 11 is 0. The van der Waals surface area contributed by atoms with E-state index in [0.29, 0.717) is 48.4 Å². The van der Waals surface area contributed by atoms with Gasteiger partial charge in [-0.3, -0.25) is 19.5 Å². The Morgan fingerprint density at radius 1 is 1.21 bits per heavy atom. The molecule has 0 radical (unpaired) electrons. The predicted octanol–water partition coefficient (Wildman–Crippen LogP) is 3.24. The molecule has 2 aromatic heterocycles. The van der Waals surface area contributed by atoms with E-state index < -0.39 is 23.3 Å². The molecule has 0 bridgehead atoms. The summed E-state index contributed by atoms with van der Waals surface area (Å²) in [7, 11) is 3.57. The molecule has 0 unspecified atom stereocenters. The molecule has 1 fully saturated rings. The number of carbonyl (C=O) groups is 1. The van der Waals surface area contributed by atoms with Crippen LogP contribution in [-0.2, 0) is 4.79 Å². The summed E-state index contributed by atoms with van der Waals surface area (Å²) in [6, 6.07) is 2.99. The molecule has 38 heavy (non-hydrogen) atoms. The first-order valence-electron chi connectivity index (χ1n) is 11.5. The standard InChI is InChI=1S/C24H25F4N8OP/c1-13-9-15(10-16(25)19(13)23(38)35-7-5-34(6-8-35)18(37)11-29)33-21-22-32-12-17(36(22)4-3-31-21)14(2)20(30)24(26,27)28/h3-4,9-10,12,30,38H,2,5-8,11,29H2,1H3,(H,31,33). The molecule has 1 aromatic carbocycles. The SMILES string of the molecule is C=C(C(=N)C(F)(F)F)c1cnc2c(Nc3cc(C)c(C(=P)N4CCN(C(=O)CN)CC4)c(F)c3)nccn12. The first-order chi connectivity index (χ1) is 17.9. The molecule has 3 aromatic rings. The number of carbonyl (C=O) groups excluding carboxylic acids is 1. The monoisotopic (exact) mass is 548 g/mol. The number of amides is 1. The van der Waals surface area contributed by atoms with Crippen LogP contribution in [0.3, 0.4) is 0 Å². The highest BCUT2D eigenvalue weighted by Gasteiger charge is 2.37. The fourth-order valence-corrected chi connectivity index (χ4v) is 4.79. The van der Waals surface area contributed by atoms with E-state index in [-0.39, 0.29) is 29.6 Å². The summed E-state index contributed by atoms with van der Waals surface area (Å²) in [4.78, 5) is 23.8. The van der Waals surface area contributed by atoms with E-state index in [0.717, 1.165) is 0 Å². The minimum absolute atomic E-state index is 0.0166. The molecular weight excluding hydrogens is 523 g/mol. The van der Waals surface area contributed by atoms with Gasteiger partial charge in [0.05, 0.1) is 18.4 Å². The largest absolute Gasteiger partial charge is 0.433 e. The number of nitrogens with zero attached hydrogens (tertiary/aromatic N) is 5. The Kier molecular flexibility index (Phi) is 7.63. The van der Waals surface area contributed by atoms with Gasteiger partial charge in [-0.1, -0.05) is 6.58 Å². The Morgan fingerprint density at radius 3 is 2.47 bits per heavy atom. The zero-order chi connectivity index (χ0) is 27.8. The van der Waals surface area contributed by atoms with E-state index in [9.17, 15) is 18.0 Å². The summed E-state index contributed by atoms with van der Waals surface area (Å²) in [5, 5.41) is 10.3. The minimum Gasteiger partial charge on any atom is -0.339 e. The van der Waals surface area contributed by atoms with Crippen LogP contribution in [0, 0.1) is 18.2 Å². The van der Waals surface area contributed by atoms with E-state index in [1.165, 1.54) is 29.1 Å². The molecule has 0 saturated carbocycles. The lowest BCUT2D eigenvalue weighted by atomic mass is 10.1. The molecule has 9 nitrogen and oxygen atoms in total. The van der Waals surface area contributed by atoms with Gasteiger partial charge in [-0.15, -0.1) is 8.86 Å². The van der Waals surface area contributed by atoms with Gasteiger partial charge in [0.2, 0.25) is 5.91 Å². The normalized spacial score (nSPS) is 14.5. The van der Waals surface area contributed by atoms with Crippen molar-refractivity contribution in [3.05, 3.63) is 59.9 Å². The van der Waals surface area contributed by atoms with Crippen LogP contribution in [0.15, 0.2) is 37.3 Å².